The van der Waals surface area contributed by atoms with Gasteiger partial charge >= 0.3 is 0 Å². The fraction of sp³-hybridized carbons (Fsp3) is 0.600. The Morgan fingerprint density at radius 2 is 2.12 bits per heavy atom. The van der Waals surface area contributed by atoms with E-state index in [0.29, 0.717) is 18.6 Å². The van der Waals surface area contributed by atoms with E-state index < -0.39 is 0 Å². The van der Waals surface area contributed by atoms with Gasteiger partial charge in [0.15, 0.2) is 0 Å². The van der Waals surface area contributed by atoms with Crippen LogP contribution >= 0.6 is 0 Å². The quantitative estimate of drug-likeness (QED) is 0.864. The molecule has 1 heterocycles. The first-order chi connectivity index (χ1) is 8.31. The van der Waals surface area contributed by atoms with E-state index in [4.69, 9.17) is 0 Å². The second-order valence-corrected chi connectivity index (χ2v) is 5.55. The Morgan fingerprint density at radius 3 is 2.76 bits per heavy atom. The Kier molecular flexibility index (Phi) is 2.83. The number of benzene rings is 1. The number of rotatable bonds is 3. The third kappa shape index (κ3) is 1.75. The molecule has 1 aromatic rings. The Bertz CT molecular complexity index is 400. The minimum absolute atomic E-state index is 0.294. The van der Waals surface area contributed by atoms with Gasteiger partial charge in [-0.05, 0) is 43.2 Å². The Hall–Kier alpha value is -1.02. The highest BCUT2D eigenvalue weighted by Crippen LogP contribution is 2.41. The van der Waals surface area contributed by atoms with Crippen LogP contribution in [0.25, 0.3) is 0 Å². The molecular weight excluding hydrogens is 210 g/mol. The van der Waals surface area contributed by atoms with Crippen molar-refractivity contribution in [2.75, 3.05) is 11.5 Å². The molecule has 2 nitrogen and oxygen atoms in total. The van der Waals surface area contributed by atoms with Gasteiger partial charge < -0.3 is 10.0 Å². The largest absolute Gasteiger partial charge is 0.396 e. The minimum Gasteiger partial charge on any atom is -0.396 e. The van der Waals surface area contributed by atoms with Crippen LogP contribution in [0.15, 0.2) is 24.3 Å². The van der Waals surface area contributed by atoms with E-state index >= 15 is 0 Å². The third-order valence-electron chi connectivity index (χ3n) is 4.47. The van der Waals surface area contributed by atoms with Gasteiger partial charge in [0.1, 0.15) is 0 Å². The molecule has 17 heavy (non-hydrogen) atoms. The van der Waals surface area contributed by atoms with Crippen LogP contribution in [0.4, 0.5) is 5.69 Å². The van der Waals surface area contributed by atoms with Gasteiger partial charge in [-0.1, -0.05) is 25.1 Å². The van der Waals surface area contributed by atoms with Crippen LogP contribution < -0.4 is 4.90 Å². The van der Waals surface area contributed by atoms with Crippen LogP contribution in [0.1, 0.15) is 31.7 Å². The third-order valence-corrected chi connectivity index (χ3v) is 4.47. The molecule has 1 aromatic carbocycles. The molecule has 0 radical (unpaired) electrons. The summed E-state index contributed by atoms with van der Waals surface area (Å²) in [4.78, 5) is 2.60. The normalized spacial score (nSPS) is 25.5. The van der Waals surface area contributed by atoms with E-state index in [0.717, 1.165) is 12.5 Å². The lowest BCUT2D eigenvalue weighted by Crippen LogP contribution is -2.48. The summed E-state index contributed by atoms with van der Waals surface area (Å²) in [7, 11) is 0. The number of para-hydroxylation sites is 1. The predicted molar refractivity (Wildman–Crippen MR) is 70.3 cm³/mol. The summed E-state index contributed by atoms with van der Waals surface area (Å²) in [5, 5.41) is 9.44. The molecule has 1 fully saturated rings. The summed E-state index contributed by atoms with van der Waals surface area (Å²) >= 11 is 0. The second-order valence-electron chi connectivity index (χ2n) is 5.55. The maximum absolute atomic E-state index is 9.44. The highest BCUT2D eigenvalue weighted by atomic mass is 16.3. The Morgan fingerprint density at radius 1 is 1.35 bits per heavy atom. The van der Waals surface area contributed by atoms with Crippen molar-refractivity contribution in [2.24, 2.45) is 5.92 Å². The number of nitrogens with zero attached hydrogens (tertiary/aromatic N) is 1. The van der Waals surface area contributed by atoms with Crippen molar-refractivity contribution >= 4 is 5.69 Å². The van der Waals surface area contributed by atoms with Crippen LogP contribution in [-0.4, -0.2) is 23.8 Å². The topological polar surface area (TPSA) is 23.5 Å². The number of hydrogen-bond acceptors (Lipinski definition) is 2. The van der Waals surface area contributed by atoms with Gasteiger partial charge in [-0.3, -0.25) is 0 Å². The molecule has 0 bridgehead atoms. The van der Waals surface area contributed by atoms with E-state index in [1.165, 1.54) is 30.5 Å². The standard InChI is InChI=1S/C15H21NO/c1-11(10-17)15-9-12-5-2-3-8-14(12)16(15)13-6-4-7-13/h2-3,5,8,11,13,15,17H,4,6-7,9-10H2,1H3. The van der Waals surface area contributed by atoms with Gasteiger partial charge in [-0.2, -0.15) is 0 Å². The molecule has 1 saturated carbocycles. The van der Waals surface area contributed by atoms with Crippen molar-refractivity contribution in [3.05, 3.63) is 29.8 Å². The highest BCUT2D eigenvalue weighted by Gasteiger charge is 2.38. The van der Waals surface area contributed by atoms with Crippen molar-refractivity contribution in [3.63, 3.8) is 0 Å². The van der Waals surface area contributed by atoms with E-state index in [-0.39, 0.29) is 0 Å². The first-order valence-corrected chi connectivity index (χ1v) is 6.78. The van der Waals surface area contributed by atoms with E-state index in [2.05, 4.69) is 36.1 Å². The van der Waals surface area contributed by atoms with Crippen molar-refractivity contribution in [2.45, 2.75) is 44.7 Å². The average molecular weight is 231 g/mol. The zero-order valence-corrected chi connectivity index (χ0v) is 10.5. The lowest BCUT2D eigenvalue weighted by atomic mass is 9.88. The van der Waals surface area contributed by atoms with Crippen LogP contribution in [0.3, 0.4) is 0 Å². The summed E-state index contributed by atoms with van der Waals surface area (Å²) in [5.74, 6) is 0.364. The summed E-state index contributed by atoms with van der Waals surface area (Å²) in [6.07, 6.45) is 5.12. The highest BCUT2D eigenvalue weighted by molar-refractivity contribution is 5.60. The molecule has 0 spiro atoms. The van der Waals surface area contributed by atoms with Gasteiger partial charge in [-0.25, -0.2) is 0 Å². The van der Waals surface area contributed by atoms with E-state index in [9.17, 15) is 5.11 Å². The summed E-state index contributed by atoms with van der Waals surface area (Å²) in [6.45, 7) is 2.46. The van der Waals surface area contributed by atoms with Gasteiger partial charge in [-0.15, -0.1) is 0 Å². The van der Waals surface area contributed by atoms with Crippen molar-refractivity contribution in [1.29, 1.82) is 0 Å². The summed E-state index contributed by atoms with van der Waals surface area (Å²) in [5.41, 5.74) is 2.88. The Balaban J connectivity index is 1.92. The molecule has 2 aliphatic rings. The van der Waals surface area contributed by atoms with Gasteiger partial charge in [0, 0.05) is 24.4 Å². The molecule has 2 unspecified atom stereocenters. The molecule has 1 N–H and O–H groups in total. The minimum atomic E-state index is 0.294. The first kappa shape index (κ1) is 11.1. The molecular formula is C15H21NO. The maximum Gasteiger partial charge on any atom is 0.0476 e. The predicted octanol–water partition coefficient (Wildman–Crippen LogP) is 2.60. The van der Waals surface area contributed by atoms with Crippen LogP contribution in [0, 0.1) is 5.92 Å². The average Bonchev–Trinajstić information content (AvgIpc) is 2.66. The van der Waals surface area contributed by atoms with Crippen molar-refractivity contribution in [1.82, 2.24) is 0 Å². The SMILES string of the molecule is CC(CO)C1Cc2ccccc2N1C1CCC1. The fourth-order valence-corrected chi connectivity index (χ4v) is 3.17. The molecule has 1 aliphatic heterocycles. The number of fused-ring (bicyclic) bond motifs is 1. The van der Waals surface area contributed by atoms with Crippen molar-refractivity contribution < 1.29 is 5.11 Å². The molecule has 2 atom stereocenters. The van der Waals surface area contributed by atoms with Gasteiger partial charge in [0.25, 0.3) is 0 Å². The van der Waals surface area contributed by atoms with Gasteiger partial charge in [0.2, 0.25) is 0 Å². The zero-order chi connectivity index (χ0) is 11.8. The lowest BCUT2D eigenvalue weighted by Gasteiger charge is -2.42. The lowest BCUT2D eigenvalue weighted by molar-refractivity contribution is 0.204. The van der Waals surface area contributed by atoms with Crippen LogP contribution in [0.5, 0.6) is 0 Å². The van der Waals surface area contributed by atoms with E-state index in [1.54, 1.807) is 0 Å². The molecule has 0 amide bonds. The summed E-state index contributed by atoms with van der Waals surface area (Å²) in [6, 6.07) is 9.98. The number of aliphatic hydroxyl groups excluding tert-OH is 1. The zero-order valence-electron chi connectivity index (χ0n) is 10.5. The number of hydrogen-bond donors (Lipinski definition) is 1. The molecule has 0 aromatic heterocycles. The first-order valence-electron chi connectivity index (χ1n) is 6.78. The van der Waals surface area contributed by atoms with Crippen LogP contribution in [0.2, 0.25) is 0 Å². The van der Waals surface area contributed by atoms with E-state index in [1.807, 2.05) is 0 Å². The monoisotopic (exact) mass is 231 g/mol. The molecule has 92 valence electrons. The fourth-order valence-electron chi connectivity index (χ4n) is 3.17. The molecule has 0 saturated heterocycles. The van der Waals surface area contributed by atoms with Crippen LogP contribution in [-0.2, 0) is 6.42 Å². The van der Waals surface area contributed by atoms with Gasteiger partial charge in [0.05, 0.1) is 0 Å². The number of anilines is 1. The second kappa shape index (κ2) is 4.34. The maximum atomic E-state index is 9.44. The number of aliphatic hydroxyl groups is 1. The molecule has 3 rings (SSSR count). The van der Waals surface area contributed by atoms with Crippen molar-refractivity contribution in [3.8, 4) is 0 Å². The molecule has 2 heteroatoms. The Labute approximate surface area is 103 Å². The smallest absolute Gasteiger partial charge is 0.0476 e. The molecule has 1 aliphatic carbocycles. The summed E-state index contributed by atoms with van der Waals surface area (Å²) < 4.78 is 0.